The highest BCUT2D eigenvalue weighted by Gasteiger charge is 2.32. The molecule has 3 unspecified atom stereocenters. The first-order chi connectivity index (χ1) is 23.4. The van der Waals surface area contributed by atoms with Crippen LogP contribution in [0, 0.1) is 0 Å². The summed E-state index contributed by atoms with van der Waals surface area (Å²) in [7, 11) is 2.10. The molecule has 3 atom stereocenters. The number of nitrogens with zero attached hydrogens (tertiary/aromatic N) is 2. The number of aliphatic hydroxyl groups is 1. The average molecular weight is 652 g/mol. The number of aromatic nitrogens is 1. The molecule has 2 amide bonds. The average Bonchev–Trinajstić information content (AvgIpc) is 3.11. The minimum atomic E-state index is -0.559. The number of hydrogen-bond donors (Lipinski definition) is 4. The Labute approximate surface area is 282 Å². The highest BCUT2D eigenvalue weighted by Crippen LogP contribution is 2.38. The maximum Gasteiger partial charge on any atom is 0.224 e. The molecule has 5 rings (SSSR count). The van der Waals surface area contributed by atoms with Crippen molar-refractivity contribution in [1.82, 2.24) is 15.2 Å². The summed E-state index contributed by atoms with van der Waals surface area (Å²) in [5, 5.41) is 15.2. The van der Waals surface area contributed by atoms with Gasteiger partial charge in [0.05, 0.1) is 30.2 Å². The van der Waals surface area contributed by atoms with Crippen LogP contribution in [0.4, 0.5) is 11.4 Å². The van der Waals surface area contributed by atoms with Gasteiger partial charge in [0.2, 0.25) is 11.8 Å². The number of rotatable bonds is 15. The van der Waals surface area contributed by atoms with E-state index in [9.17, 15) is 14.7 Å². The summed E-state index contributed by atoms with van der Waals surface area (Å²) in [6.45, 7) is 1.97. The number of carbonyl (C=O) groups is 2. The standard InChI is InChI=1S/C38H45N5O5/c1-43(22-20-31-7-4-5-21-40-31)25-32-23-35(29-16-14-28(26-44)15-17-29)48-38(47-32)30-18-12-27(13-19-30)24-41-36(45)10-6-11-37(46)42-34-9-3-2-8-33(34)39/h2-5,7-9,12-19,21,32,35,38,44H,6,10-11,20,22-26,39H2,1H3,(H,41,45)(H,42,46). The van der Waals surface area contributed by atoms with Crippen LogP contribution >= 0.6 is 0 Å². The van der Waals surface area contributed by atoms with Crippen molar-refractivity contribution in [2.45, 2.75) is 63.8 Å². The molecule has 10 nitrogen and oxygen atoms in total. The molecule has 0 saturated carbocycles. The summed E-state index contributed by atoms with van der Waals surface area (Å²) in [5.41, 5.74) is 11.8. The van der Waals surface area contributed by atoms with Gasteiger partial charge < -0.3 is 35.8 Å². The van der Waals surface area contributed by atoms with Crippen LogP contribution in [0.2, 0.25) is 0 Å². The van der Waals surface area contributed by atoms with Gasteiger partial charge in [-0.1, -0.05) is 66.7 Å². The first-order valence-electron chi connectivity index (χ1n) is 16.4. The van der Waals surface area contributed by atoms with Gasteiger partial charge in [-0.25, -0.2) is 0 Å². The number of para-hydroxylation sites is 2. The van der Waals surface area contributed by atoms with Crippen molar-refractivity contribution < 1.29 is 24.2 Å². The van der Waals surface area contributed by atoms with E-state index in [2.05, 4.69) is 27.6 Å². The van der Waals surface area contributed by atoms with Gasteiger partial charge >= 0.3 is 0 Å². The molecule has 1 aliphatic heterocycles. The minimum Gasteiger partial charge on any atom is -0.397 e. The normalized spacial score (nSPS) is 17.6. The fourth-order valence-electron chi connectivity index (χ4n) is 5.64. The monoisotopic (exact) mass is 651 g/mol. The van der Waals surface area contributed by atoms with Gasteiger partial charge in [-0.05, 0) is 54.4 Å². The quantitative estimate of drug-likeness (QED) is 0.127. The lowest BCUT2D eigenvalue weighted by Crippen LogP contribution is -2.38. The molecule has 0 spiro atoms. The van der Waals surface area contributed by atoms with Crippen molar-refractivity contribution in [2.24, 2.45) is 0 Å². The van der Waals surface area contributed by atoms with Crippen LogP contribution in [0.15, 0.2) is 97.2 Å². The maximum atomic E-state index is 12.5. The number of nitrogens with two attached hydrogens (primary N) is 1. The molecule has 10 heteroatoms. The lowest BCUT2D eigenvalue weighted by Gasteiger charge is -2.38. The second kappa shape index (κ2) is 17.5. The van der Waals surface area contributed by atoms with Crippen LogP contribution in [0.25, 0.3) is 0 Å². The van der Waals surface area contributed by atoms with E-state index in [4.69, 9.17) is 15.2 Å². The van der Waals surface area contributed by atoms with Crippen LogP contribution in [-0.4, -0.2) is 53.0 Å². The van der Waals surface area contributed by atoms with Crippen LogP contribution in [0.1, 0.15) is 66.0 Å². The van der Waals surface area contributed by atoms with Crippen LogP contribution in [0.5, 0.6) is 0 Å². The molecule has 1 saturated heterocycles. The summed E-state index contributed by atoms with van der Waals surface area (Å²) >= 11 is 0. The molecule has 0 aliphatic carbocycles. The van der Waals surface area contributed by atoms with E-state index in [-0.39, 0.29) is 43.5 Å². The Bertz CT molecular complexity index is 1600. The number of likely N-dealkylation sites (N-methyl/N-ethyl adjacent to an activating group) is 1. The highest BCUT2D eigenvalue weighted by atomic mass is 16.7. The van der Waals surface area contributed by atoms with Gasteiger partial charge in [0, 0.05) is 62.8 Å². The number of ether oxygens (including phenoxy) is 2. The van der Waals surface area contributed by atoms with Crippen molar-refractivity contribution in [3.63, 3.8) is 0 Å². The number of pyridine rings is 1. The van der Waals surface area contributed by atoms with Gasteiger partial charge in [-0.2, -0.15) is 0 Å². The fraction of sp³-hybridized carbons (Fsp3) is 0.342. The third kappa shape index (κ3) is 10.4. The maximum absolute atomic E-state index is 12.5. The molecule has 5 N–H and O–H groups in total. The summed E-state index contributed by atoms with van der Waals surface area (Å²) in [4.78, 5) is 31.4. The largest absolute Gasteiger partial charge is 0.397 e. The van der Waals surface area contributed by atoms with Gasteiger partial charge in [0.25, 0.3) is 0 Å². The van der Waals surface area contributed by atoms with Crippen molar-refractivity contribution in [3.8, 4) is 0 Å². The second-order valence-electron chi connectivity index (χ2n) is 12.2. The number of amides is 2. The number of hydrogen-bond acceptors (Lipinski definition) is 8. The predicted molar refractivity (Wildman–Crippen MR) is 185 cm³/mol. The summed E-state index contributed by atoms with van der Waals surface area (Å²) in [5.74, 6) is -0.290. The molecule has 1 aliphatic rings. The van der Waals surface area contributed by atoms with Gasteiger partial charge in [0.15, 0.2) is 6.29 Å². The summed E-state index contributed by atoms with van der Waals surface area (Å²) in [6, 6.07) is 28.8. The van der Waals surface area contributed by atoms with E-state index in [1.165, 1.54) is 0 Å². The molecule has 0 bridgehead atoms. The number of benzene rings is 3. The minimum absolute atomic E-state index is 0.00409. The molecular weight excluding hydrogens is 606 g/mol. The molecule has 48 heavy (non-hydrogen) atoms. The van der Waals surface area contributed by atoms with E-state index in [1.807, 2.05) is 72.9 Å². The zero-order valence-corrected chi connectivity index (χ0v) is 27.4. The van der Waals surface area contributed by atoms with Crippen LogP contribution in [0.3, 0.4) is 0 Å². The van der Waals surface area contributed by atoms with Gasteiger partial charge in [-0.3, -0.25) is 14.6 Å². The summed E-state index contributed by atoms with van der Waals surface area (Å²) in [6.07, 6.45) is 3.50. The first-order valence-corrected chi connectivity index (χ1v) is 16.4. The van der Waals surface area contributed by atoms with Crippen molar-refractivity contribution >= 4 is 23.2 Å². The molecular formula is C38H45N5O5. The van der Waals surface area contributed by atoms with E-state index in [1.54, 1.807) is 24.3 Å². The van der Waals surface area contributed by atoms with Crippen molar-refractivity contribution in [2.75, 3.05) is 31.2 Å². The number of nitrogens with one attached hydrogen (secondary N) is 2. The lowest BCUT2D eigenvalue weighted by atomic mass is 9.99. The number of nitrogen functional groups attached to an aromatic ring is 1. The van der Waals surface area contributed by atoms with E-state index in [0.717, 1.165) is 47.5 Å². The zero-order chi connectivity index (χ0) is 33.7. The Morgan fingerprint density at radius 1 is 0.896 bits per heavy atom. The van der Waals surface area contributed by atoms with Crippen molar-refractivity contribution in [3.05, 3.63) is 125 Å². The number of aliphatic hydroxyl groups excluding tert-OH is 1. The molecule has 0 radical (unpaired) electrons. The topological polar surface area (TPSA) is 139 Å². The van der Waals surface area contributed by atoms with E-state index < -0.39 is 6.29 Å². The smallest absolute Gasteiger partial charge is 0.224 e. The fourth-order valence-corrected chi connectivity index (χ4v) is 5.64. The number of anilines is 2. The van der Waals surface area contributed by atoms with Crippen molar-refractivity contribution in [1.29, 1.82) is 0 Å². The molecule has 1 fully saturated rings. The summed E-state index contributed by atoms with van der Waals surface area (Å²) < 4.78 is 13.0. The van der Waals surface area contributed by atoms with Crippen LogP contribution < -0.4 is 16.4 Å². The predicted octanol–water partition coefficient (Wildman–Crippen LogP) is 5.30. The Kier molecular flexibility index (Phi) is 12.7. The zero-order valence-electron chi connectivity index (χ0n) is 27.4. The molecule has 3 aromatic carbocycles. The Morgan fingerprint density at radius 3 is 2.33 bits per heavy atom. The number of carbonyl (C=O) groups excluding carboxylic acids is 2. The van der Waals surface area contributed by atoms with Gasteiger partial charge in [-0.15, -0.1) is 0 Å². The third-order valence-electron chi connectivity index (χ3n) is 8.39. The van der Waals surface area contributed by atoms with Gasteiger partial charge in [0.1, 0.15) is 0 Å². The van der Waals surface area contributed by atoms with Crippen LogP contribution in [-0.2, 0) is 38.6 Å². The Morgan fingerprint density at radius 2 is 1.60 bits per heavy atom. The molecule has 4 aromatic rings. The van der Waals surface area contributed by atoms with E-state index >= 15 is 0 Å². The SMILES string of the molecule is CN(CCc1ccccn1)CC1CC(c2ccc(CO)cc2)OC(c2ccc(CNC(=O)CCCC(=O)Nc3ccccc3N)cc2)O1. The molecule has 1 aromatic heterocycles. The first kappa shape index (κ1) is 34.7. The Hall–Kier alpha value is -4.61. The molecule has 252 valence electrons. The van der Waals surface area contributed by atoms with E-state index in [0.29, 0.717) is 30.8 Å². The molecule has 2 heterocycles. The Balaban J connectivity index is 1.13. The second-order valence-corrected chi connectivity index (χ2v) is 12.2. The highest BCUT2D eigenvalue weighted by molar-refractivity contribution is 5.93. The third-order valence-corrected chi connectivity index (χ3v) is 8.39. The lowest BCUT2D eigenvalue weighted by molar-refractivity contribution is -0.252.